The van der Waals surface area contributed by atoms with Gasteiger partial charge in [0.05, 0.1) is 18.1 Å². The molecule has 6 heteroatoms. The second-order valence-electron chi connectivity index (χ2n) is 7.00. The number of nitrogens with two attached hydrogens (primary N) is 1. The van der Waals surface area contributed by atoms with Crippen LogP contribution in [-0.2, 0) is 11.3 Å². The van der Waals surface area contributed by atoms with E-state index >= 15 is 0 Å². The lowest BCUT2D eigenvalue weighted by atomic mass is 10.0. The number of carbonyl (C=O) groups is 1. The van der Waals surface area contributed by atoms with Crippen LogP contribution in [0.5, 0.6) is 0 Å². The number of hydrogen-bond donors (Lipinski definition) is 1. The molecule has 2 N–H and O–H groups in total. The normalized spacial score (nSPS) is 10.5. The first-order valence-electron chi connectivity index (χ1n) is 9.39. The Hall–Kier alpha value is -3.25. The van der Waals surface area contributed by atoms with E-state index in [0.717, 1.165) is 27.6 Å². The summed E-state index contributed by atoms with van der Waals surface area (Å²) in [6, 6.07) is 23.7. The van der Waals surface area contributed by atoms with E-state index in [-0.39, 0.29) is 23.0 Å². The van der Waals surface area contributed by atoms with Gasteiger partial charge in [0.1, 0.15) is 0 Å². The number of aromatic nitrogens is 2. The number of ether oxygens (including phenoxy) is 1. The number of anilines is 1. The van der Waals surface area contributed by atoms with Crippen LogP contribution in [-0.4, -0.2) is 18.2 Å². The molecule has 4 aromatic rings. The average molecular weight is 464 g/mol. The molecule has 152 valence electrons. The molecule has 0 aliphatic rings. The number of halogens is 1. The fourth-order valence-electron chi connectivity index (χ4n) is 3.50. The largest absolute Gasteiger partial charge is 1.00 e. The summed E-state index contributed by atoms with van der Waals surface area (Å²) in [6.45, 7) is 2.54. The molecule has 5 nitrogen and oxygen atoms in total. The van der Waals surface area contributed by atoms with Crippen molar-refractivity contribution >= 4 is 22.6 Å². The Kier molecular flexibility index (Phi) is 6.47. The Morgan fingerprint density at radius 1 is 1.00 bits per heavy atom. The van der Waals surface area contributed by atoms with E-state index in [1.807, 2.05) is 41.1 Å². The van der Waals surface area contributed by atoms with Gasteiger partial charge in [-0.25, -0.2) is 4.79 Å². The molecule has 0 aliphatic heterocycles. The lowest BCUT2D eigenvalue weighted by Gasteiger charge is -2.09. The van der Waals surface area contributed by atoms with Crippen LogP contribution in [0.3, 0.4) is 0 Å². The zero-order chi connectivity index (χ0) is 20.4. The van der Waals surface area contributed by atoms with E-state index < -0.39 is 0 Å². The number of nitrogens with zero attached hydrogens (tertiary/aromatic N) is 2. The highest BCUT2D eigenvalue weighted by Crippen LogP contribution is 2.28. The lowest BCUT2D eigenvalue weighted by molar-refractivity contribution is -0.733. The van der Waals surface area contributed by atoms with Gasteiger partial charge >= 0.3 is 5.97 Å². The molecule has 3 aromatic carbocycles. The van der Waals surface area contributed by atoms with E-state index in [4.69, 9.17) is 10.5 Å². The molecule has 0 amide bonds. The third kappa shape index (κ3) is 4.19. The van der Waals surface area contributed by atoms with Crippen LogP contribution in [0.2, 0.25) is 0 Å². The highest BCUT2D eigenvalue weighted by molar-refractivity contribution is 5.98. The Bertz CT molecular complexity index is 1210. The highest BCUT2D eigenvalue weighted by atomic mass is 79.9. The quantitative estimate of drug-likeness (QED) is 0.360. The van der Waals surface area contributed by atoms with E-state index in [0.29, 0.717) is 17.9 Å². The van der Waals surface area contributed by atoms with Crippen LogP contribution in [0.1, 0.15) is 21.5 Å². The first-order valence-corrected chi connectivity index (χ1v) is 9.39. The zero-order valence-corrected chi connectivity index (χ0v) is 18.4. The molecule has 1 heterocycles. The topological polar surface area (TPSA) is 69.1 Å². The fraction of sp³-hybridized carbons (Fsp3) is 0.125. The van der Waals surface area contributed by atoms with Crippen molar-refractivity contribution in [2.45, 2.75) is 13.5 Å². The molecule has 0 unspecified atom stereocenters. The first kappa shape index (κ1) is 21.5. The van der Waals surface area contributed by atoms with Gasteiger partial charge in [-0.15, -0.1) is 0 Å². The van der Waals surface area contributed by atoms with Gasteiger partial charge in [0.2, 0.25) is 5.69 Å². The van der Waals surface area contributed by atoms with Crippen LogP contribution in [0, 0.1) is 6.92 Å². The molecule has 30 heavy (non-hydrogen) atoms. The van der Waals surface area contributed by atoms with Gasteiger partial charge in [-0.05, 0) is 37.3 Å². The van der Waals surface area contributed by atoms with Crippen molar-refractivity contribution in [1.82, 2.24) is 5.10 Å². The van der Waals surface area contributed by atoms with E-state index in [1.54, 1.807) is 6.07 Å². The lowest BCUT2D eigenvalue weighted by Crippen LogP contribution is -3.00. The number of benzene rings is 3. The maximum atomic E-state index is 11.9. The summed E-state index contributed by atoms with van der Waals surface area (Å²) in [7, 11) is 1.38. The summed E-state index contributed by atoms with van der Waals surface area (Å²) < 4.78 is 6.74. The Labute approximate surface area is 185 Å². The van der Waals surface area contributed by atoms with Gasteiger partial charge in [-0.1, -0.05) is 52.7 Å². The third-order valence-electron chi connectivity index (χ3n) is 4.95. The van der Waals surface area contributed by atoms with Crippen molar-refractivity contribution in [1.29, 1.82) is 0 Å². The SMILES string of the molecule is COC(=O)c1cccc(C[n+]2nc(N)c3ccccc3c2-c2ccc(C)cc2)c1.[Br-]. The summed E-state index contributed by atoms with van der Waals surface area (Å²) >= 11 is 0. The fourth-order valence-corrected chi connectivity index (χ4v) is 3.50. The molecular formula is C24H22BrN3O2. The summed E-state index contributed by atoms with van der Waals surface area (Å²) in [4.78, 5) is 11.9. The number of esters is 1. The molecule has 0 radical (unpaired) electrons. The van der Waals surface area contributed by atoms with Crippen LogP contribution < -0.4 is 27.4 Å². The smallest absolute Gasteiger partial charge is 0.337 e. The molecule has 1 aromatic heterocycles. The monoisotopic (exact) mass is 463 g/mol. The van der Waals surface area contributed by atoms with Gasteiger partial charge in [0.25, 0.3) is 0 Å². The van der Waals surface area contributed by atoms with Crippen LogP contribution >= 0.6 is 0 Å². The van der Waals surface area contributed by atoms with Crippen LogP contribution in [0.15, 0.2) is 72.8 Å². The second-order valence-corrected chi connectivity index (χ2v) is 7.00. The Balaban J connectivity index is 0.00000256. The number of rotatable bonds is 4. The maximum Gasteiger partial charge on any atom is 0.337 e. The maximum absolute atomic E-state index is 11.9. The molecule has 0 spiro atoms. The predicted octanol–water partition coefficient (Wildman–Crippen LogP) is 0.919. The Morgan fingerprint density at radius 3 is 2.40 bits per heavy atom. The molecule has 0 saturated carbocycles. The number of hydrogen-bond acceptors (Lipinski definition) is 4. The molecule has 0 aliphatic carbocycles. The summed E-state index contributed by atoms with van der Waals surface area (Å²) in [5.74, 6) is 0.113. The molecule has 0 fully saturated rings. The first-order chi connectivity index (χ1) is 14.1. The number of nitrogen functional groups attached to an aromatic ring is 1. The minimum atomic E-state index is -0.360. The van der Waals surface area contributed by atoms with Crippen LogP contribution in [0.25, 0.3) is 22.0 Å². The molecular weight excluding hydrogens is 442 g/mol. The number of fused-ring (bicyclic) bond motifs is 1. The number of carbonyl (C=O) groups excluding carboxylic acids is 1. The predicted molar refractivity (Wildman–Crippen MR) is 113 cm³/mol. The van der Waals surface area contributed by atoms with E-state index in [9.17, 15) is 4.79 Å². The summed E-state index contributed by atoms with van der Waals surface area (Å²) in [5.41, 5.74) is 11.0. The average Bonchev–Trinajstić information content (AvgIpc) is 2.75. The minimum absolute atomic E-state index is 0. The molecule has 4 rings (SSSR count). The molecule has 0 bridgehead atoms. The Morgan fingerprint density at radius 2 is 1.70 bits per heavy atom. The van der Waals surface area contributed by atoms with Crippen molar-refractivity contribution in [3.05, 3.63) is 89.5 Å². The number of methoxy groups -OCH3 is 1. The van der Waals surface area contributed by atoms with E-state index in [2.05, 4.69) is 42.4 Å². The van der Waals surface area contributed by atoms with Gasteiger partial charge in [-0.2, -0.15) is 0 Å². The van der Waals surface area contributed by atoms with Crippen molar-refractivity contribution < 1.29 is 31.2 Å². The van der Waals surface area contributed by atoms with E-state index in [1.165, 1.54) is 12.7 Å². The minimum Gasteiger partial charge on any atom is -1.00 e. The van der Waals surface area contributed by atoms with Gasteiger partial charge in [-0.3, -0.25) is 0 Å². The van der Waals surface area contributed by atoms with Gasteiger partial charge < -0.3 is 27.5 Å². The van der Waals surface area contributed by atoms with Crippen molar-refractivity contribution in [3.8, 4) is 11.3 Å². The standard InChI is InChI=1S/C24H22N3O2.BrH/c1-16-10-12-18(13-11-16)22-20-8-3-4-9-21(20)23(25)26-27(22)15-17-6-5-7-19(14-17)24(28)29-2;/h3-14H,15H2,1-2H3,(H2,25,26);1H/q+1;/p-1. The van der Waals surface area contributed by atoms with Crippen molar-refractivity contribution in [2.24, 2.45) is 0 Å². The van der Waals surface area contributed by atoms with Crippen LogP contribution in [0.4, 0.5) is 5.82 Å². The van der Waals surface area contributed by atoms with Crippen molar-refractivity contribution in [3.63, 3.8) is 0 Å². The zero-order valence-electron chi connectivity index (χ0n) is 16.8. The summed E-state index contributed by atoms with van der Waals surface area (Å²) in [6.07, 6.45) is 0. The highest BCUT2D eigenvalue weighted by Gasteiger charge is 2.22. The molecule has 0 saturated heterocycles. The summed E-state index contributed by atoms with van der Waals surface area (Å²) in [5, 5.41) is 6.62. The third-order valence-corrected chi connectivity index (χ3v) is 4.95. The van der Waals surface area contributed by atoms with Gasteiger partial charge in [0, 0.05) is 21.6 Å². The van der Waals surface area contributed by atoms with Crippen molar-refractivity contribution in [2.75, 3.05) is 12.8 Å². The molecule has 0 atom stereocenters. The second kappa shape index (κ2) is 9.05. The van der Waals surface area contributed by atoms with Gasteiger partial charge in [0.15, 0.2) is 12.4 Å². The number of aryl methyl sites for hydroxylation is 1.